The summed E-state index contributed by atoms with van der Waals surface area (Å²) in [5.41, 5.74) is 8.59. The molecule has 2 saturated heterocycles. The SMILES string of the molecule is Cc1ccc(CN(CCN2CCOCC2)C2CC(C(=O)NC3CCC(N)CC3)N(C(=O)c3cccs3)C2)cc1. The molecule has 3 aliphatic rings. The smallest absolute Gasteiger partial charge is 0.264 e. The van der Waals surface area contributed by atoms with Crippen molar-refractivity contribution in [3.05, 3.63) is 57.8 Å². The summed E-state index contributed by atoms with van der Waals surface area (Å²) in [5.74, 6) is -0.0619. The van der Waals surface area contributed by atoms with Crippen LogP contribution in [-0.2, 0) is 16.1 Å². The molecule has 1 aromatic carbocycles. The summed E-state index contributed by atoms with van der Waals surface area (Å²) >= 11 is 1.44. The molecule has 2 unspecified atom stereocenters. The maximum atomic E-state index is 13.7. The number of carbonyl (C=O) groups excluding carboxylic acids is 2. The molecule has 2 aliphatic heterocycles. The minimum atomic E-state index is -0.468. The van der Waals surface area contributed by atoms with E-state index in [-0.39, 0.29) is 29.9 Å². The molecule has 2 atom stereocenters. The number of rotatable bonds is 9. The number of likely N-dealkylation sites (tertiary alicyclic amines) is 1. The maximum Gasteiger partial charge on any atom is 0.264 e. The van der Waals surface area contributed by atoms with Gasteiger partial charge in [-0.1, -0.05) is 35.9 Å². The second-order valence-electron chi connectivity index (χ2n) is 11.4. The lowest BCUT2D eigenvalue weighted by atomic mass is 9.91. The van der Waals surface area contributed by atoms with Crippen molar-refractivity contribution in [2.45, 2.75) is 69.7 Å². The highest BCUT2D eigenvalue weighted by atomic mass is 32.1. The van der Waals surface area contributed by atoms with Crippen molar-refractivity contribution in [1.82, 2.24) is 20.0 Å². The lowest BCUT2D eigenvalue weighted by molar-refractivity contribution is -0.125. The van der Waals surface area contributed by atoms with Gasteiger partial charge in [0.15, 0.2) is 0 Å². The fourth-order valence-electron chi connectivity index (χ4n) is 6.07. The van der Waals surface area contributed by atoms with Crippen molar-refractivity contribution >= 4 is 23.2 Å². The highest BCUT2D eigenvalue weighted by Gasteiger charge is 2.43. The number of amides is 2. The fraction of sp³-hybridized carbons (Fsp3) is 0.600. The van der Waals surface area contributed by atoms with Crippen molar-refractivity contribution in [3.63, 3.8) is 0 Å². The zero-order chi connectivity index (χ0) is 27.2. The van der Waals surface area contributed by atoms with Gasteiger partial charge in [-0.05, 0) is 56.0 Å². The van der Waals surface area contributed by atoms with Gasteiger partial charge in [-0.2, -0.15) is 0 Å². The third kappa shape index (κ3) is 7.46. The Hall–Kier alpha value is -2.30. The van der Waals surface area contributed by atoms with Gasteiger partial charge in [0.05, 0.1) is 18.1 Å². The summed E-state index contributed by atoms with van der Waals surface area (Å²) in [6.07, 6.45) is 4.32. The van der Waals surface area contributed by atoms with Crippen LogP contribution in [0.15, 0.2) is 41.8 Å². The van der Waals surface area contributed by atoms with Crippen LogP contribution in [-0.4, -0.2) is 96.6 Å². The minimum Gasteiger partial charge on any atom is -0.379 e. The van der Waals surface area contributed by atoms with E-state index in [2.05, 4.69) is 46.3 Å². The van der Waals surface area contributed by atoms with Crippen molar-refractivity contribution in [1.29, 1.82) is 0 Å². The minimum absolute atomic E-state index is 0.0219. The van der Waals surface area contributed by atoms with E-state index in [4.69, 9.17) is 10.5 Å². The van der Waals surface area contributed by atoms with Crippen LogP contribution in [0.5, 0.6) is 0 Å². The number of thiophene rings is 1. The Bertz CT molecular complexity index is 1060. The van der Waals surface area contributed by atoms with E-state index in [1.165, 1.54) is 22.5 Å². The molecule has 0 bridgehead atoms. The maximum absolute atomic E-state index is 13.7. The number of hydrogen-bond acceptors (Lipinski definition) is 7. The summed E-state index contributed by atoms with van der Waals surface area (Å²) in [5, 5.41) is 5.21. The highest BCUT2D eigenvalue weighted by molar-refractivity contribution is 7.12. The molecule has 1 saturated carbocycles. The first-order valence-electron chi connectivity index (χ1n) is 14.5. The summed E-state index contributed by atoms with van der Waals surface area (Å²) in [6, 6.07) is 12.5. The number of morpholine rings is 1. The van der Waals surface area contributed by atoms with Gasteiger partial charge in [0.2, 0.25) is 5.91 Å². The fourth-order valence-corrected chi connectivity index (χ4v) is 6.75. The molecule has 3 N–H and O–H groups in total. The number of ether oxygens (including phenoxy) is 1. The number of carbonyl (C=O) groups is 2. The van der Waals surface area contributed by atoms with Gasteiger partial charge in [-0.3, -0.25) is 19.4 Å². The van der Waals surface area contributed by atoms with Crippen LogP contribution in [0, 0.1) is 6.92 Å². The molecule has 1 aromatic heterocycles. The molecule has 39 heavy (non-hydrogen) atoms. The number of benzene rings is 1. The van der Waals surface area contributed by atoms with Gasteiger partial charge in [-0.15, -0.1) is 11.3 Å². The molecule has 212 valence electrons. The standard InChI is InChI=1S/C30H43N5O3S/c1-22-4-6-23(7-5-22)20-34(13-12-33-14-16-38-17-15-33)26-19-27(29(36)32-25-10-8-24(31)9-11-25)35(21-26)30(37)28-3-2-18-39-28/h2-7,18,24-27H,8-17,19-21,31H2,1H3,(H,32,36). The highest BCUT2D eigenvalue weighted by Crippen LogP contribution is 2.28. The van der Waals surface area contributed by atoms with Crippen LogP contribution in [0.2, 0.25) is 0 Å². The van der Waals surface area contributed by atoms with Crippen molar-refractivity contribution in [2.24, 2.45) is 5.73 Å². The number of nitrogens with one attached hydrogen (secondary N) is 1. The van der Waals surface area contributed by atoms with Gasteiger partial charge in [0.1, 0.15) is 6.04 Å². The van der Waals surface area contributed by atoms with Crippen LogP contribution in [0.1, 0.15) is 52.9 Å². The zero-order valence-electron chi connectivity index (χ0n) is 23.1. The topological polar surface area (TPSA) is 91.1 Å². The van der Waals surface area contributed by atoms with E-state index in [0.717, 1.165) is 71.6 Å². The average Bonchev–Trinajstić information content (AvgIpc) is 3.65. The van der Waals surface area contributed by atoms with Crippen molar-refractivity contribution in [3.8, 4) is 0 Å². The van der Waals surface area contributed by atoms with Gasteiger partial charge in [-0.25, -0.2) is 0 Å². The molecule has 8 nitrogen and oxygen atoms in total. The van der Waals surface area contributed by atoms with E-state index in [1.807, 2.05) is 22.4 Å². The van der Waals surface area contributed by atoms with E-state index in [1.54, 1.807) is 0 Å². The molecule has 3 heterocycles. The molecule has 2 amide bonds. The number of nitrogens with zero attached hydrogens (tertiary/aromatic N) is 3. The molecule has 2 aromatic rings. The Kier molecular flexibility index (Phi) is 9.68. The summed E-state index contributed by atoms with van der Waals surface area (Å²) in [4.78, 5) is 34.8. The molecular weight excluding hydrogens is 510 g/mol. The second kappa shape index (κ2) is 13.4. The molecule has 1 aliphatic carbocycles. The summed E-state index contributed by atoms with van der Waals surface area (Å²) in [6.45, 7) is 8.73. The monoisotopic (exact) mass is 553 g/mol. The number of aryl methyl sites for hydroxylation is 1. The number of nitrogens with two attached hydrogens (primary N) is 1. The average molecular weight is 554 g/mol. The Morgan fingerprint density at radius 1 is 1.10 bits per heavy atom. The lowest BCUT2D eigenvalue weighted by Crippen LogP contribution is -2.50. The molecule has 9 heteroatoms. The molecule has 0 spiro atoms. The van der Waals surface area contributed by atoms with Gasteiger partial charge in [0.25, 0.3) is 5.91 Å². The Labute approximate surface area is 236 Å². The normalized spacial score (nSPS) is 26.2. The predicted molar refractivity (Wildman–Crippen MR) is 155 cm³/mol. The van der Waals surface area contributed by atoms with Crippen molar-refractivity contribution < 1.29 is 14.3 Å². The Morgan fingerprint density at radius 2 is 1.85 bits per heavy atom. The zero-order valence-corrected chi connectivity index (χ0v) is 23.9. The molecule has 5 rings (SSSR count). The summed E-state index contributed by atoms with van der Waals surface area (Å²) < 4.78 is 5.55. The second-order valence-corrected chi connectivity index (χ2v) is 12.3. The molecular formula is C30H43N5O3S. The molecule has 3 fully saturated rings. The third-order valence-electron chi connectivity index (χ3n) is 8.52. The van der Waals surface area contributed by atoms with E-state index >= 15 is 0 Å². The van der Waals surface area contributed by atoms with Crippen LogP contribution in [0.25, 0.3) is 0 Å². The van der Waals surface area contributed by atoms with Crippen molar-refractivity contribution in [2.75, 3.05) is 45.9 Å². The predicted octanol–water partition coefficient (Wildman–Crippen LogP) is 2.86. The first-order chi connectivity index (χ1) is 19.0. The largest absolute Gasteiger partial charge is 0.379 e. The lowest BCUT2D eigenvalue weighted by Gasteiger charge is -2.33. The van der Waals surface area contributed by atoms with Gasteiger partial charge >= 0.3 is 0 Å². The Balaban J connectivity index is 1.33. The quantitative estimate of drug-likeness (QED) is 0.496. The van der Waals surface area contributed by atoms with E-state index in [0.29, 0.717) is 17.8 Å². The summed E-state index contributed by atoms with van der Waals surface area (Å²) in [7, 11) is 0. The van der Waals surface area contributed by atoms with E-state index in [9.17, 15) is 9.59 Å². The third-order valence-corrected chi connectivity index (χ3v) is 9.38. The number of hydrogen-bond donors (Lipinski definition) is 2. The van der Waals surface area contributed by atoms with Gasteiger partial charge in [0, 0.05) is 57.4 Å². The first kappa shape index (κ1) is 28.2. The first-order valence-corrected chi connectivity index (χ1v) is 15.3. The van der Waals surface area contributed by atoms with Crippen LogP contribution >= 0.6 is 11.3 Å². The van der Waals surface area contributed by atoms with Gasteiger partial charge < -0.3 is 20.7 Å². The molecule has 0 radical (unpaired) electrons. The van der Waals surface area contributed by atoms with Crippen LogP contribution in [0.3, 0.4) is 0 Å². The van der Waals surface area contributed by atoms with Crippen LogP contribution < -0.4 is 11.1 Å². The van der Waals surface area contributed by atoms with E-state index < -0.39 is 6.04 Å². The van der Waals surface area contributed by atoms with Crippen LogP contribution in [0.4, 0.5) is 0 Å². The Morgan fingerprint density at radius 3 is 2.54 bits per heavy atom.